The van der Waals surface area contributed by atoms with Crippen molar-refractivity contribution in [3.05, 3.63) is 65.0 Å². The van der Waals surface area contributed by atoms with Crippen LogP contribution in [0.1, 0.15) is 10.4 Å². The van der Waals surface area contributed by atoms with Crippen LogP contribution in [-0.4, -0.2) is 4.98 Å². The predicted octanol–water partition coefficient (Wildman–Crippen LogP) is 5.07. The van der Waals surface area contributed by atoms with Gasteiger partial charge >= 0.3 is 0 Å². The van der Waals surface area contributed by atoms with Gasteiger partial charge in [-0.1, -0.05) is 23.7 Å². The first kappa shape index (κ1) is 13.7. The molecule has 21 heavy (non-hydrogen) atoms. The Balaban J connectivity index is 2.16. The average Bonchev–Trinajstić information content (AvgIpc) is 2.92. The lowest BCUT2D eigenvalue weighted by Crippen LogP contribution is -1.85. The number of pyridine rings is 1. The number of halogens is 2. The fraction of sp³-hybridized carbons (Fsp3) is 0. The monoisotopic (exact) mass is 314 g/mol. The molecule has 0 bridgehead atoms. The molecule has 0 aliphatic carbocycles. The molecule has 0 fully saturated rings. The van der Waals surface area contributed by atoms with E-state index in [1.54, 1.807) is 30.6 Å². The van der Waals surface area contributed by atoms with Gasteiger partial charge in [0.05, 0.1) is 10.6 Å². The molecule has 0 saturated heterocycles. The molecule has 0 amide bonds. The Morgan fingerprint density at radius 1 is 1.29 bits per heavy atom. The number of thiophene rings is 1. The average molecular weight is 315 g/mol. The van der Waals surface area contributed by atoms with E-state index < -0.39 is 0 Å². The highest BCUT2D eigenvalue weighted by Crippen LogP contribution is 2.36. The van der Waals surface area contributed by atoms with Gasteiger partial charge in [0.15, 0.2) is 0 Å². The molecular weight excluding hydrogens is 307 g/mol. The largest absolute Gasteiger partial charge is 0.264 e. The highest BCUT2D eigenvalue weighted by atomic mass is 35.5. The predicted molar refractivity (Wildman–Crippen MR) is 84.3 cm³/mol. The quantitative estimate of drug-likeness (QED) is 0.619. The van der Waals surface area contributed by atoms with Crippen LogP contribution in [0.4, 0.5) is 4.39 Å². The van der Waals surface area contributed by atoms with E-state index in [0.717, 1.165) is 15.0 Å². The van der Waals surface area contributed by atoms with Crippen molar-refractivity contribution in [2.45, 2.75) is 0 Å². The summed E-state index contributed by atoms with van der Waals surface area (Å²) in [6.07, 6.45) is 3.22. The molecule has 0 saturated carbocycles. The van der Waals surface area contributed by atoms with Gasteiger partial charge < -0.3 is 0 Å². The van der Waals surface area contributed by atoms with E-state index in [-0.39, 0.29) is 5.82 Å². The van der Waals surface area contributed by atoms with E-state index in [0.29, 0.717) is 16.2 Å². The third kappa shape index (κ3) is 2.66. The minimum atomic E-state index is -0.288. The van der Waals surface area contributed by atoms with E-state index in [9.17, 15) is 9.65 Å². The van der Waals surface area contributed by atoms with Crippen LogP contribution in [0.25, 0.3) is 20.7 Å². The molecule has 1 aromatic carbocycles. The summed E-state index contributed by atoms with van der Waals surface area (Å²) >= 11 is 7.72. The number of hydrogen-bond donors (Lipinski definition) is 0. The van der Waals surface area contributed by atoms with Gasteiger partial charge in [-0.3, -0.25) is 4.98 Å². The lowest BCUT2D eigenvalue weighted by Gasteiger charge is -2.01. The van der Waals surface area contributed by atoms with Crippen LogP contribution in [0.5, 0.6) is 0 Å². The van der Waals surface area contributed by atoms with Crippen molar-refractivity contribution in [2.24, 2.45) is 0 Å². The zero-order valence-electron chi connectivity index (χ0n) is 10.7. The Morgan fingerprint density at radius 3 is 2.86 bits per heavy atom. The molecule has 3 rings (SSSR count). The number of nitriles is 1. The number of hydrogen-bond acceptors (Lipinski definition) is 3. The summed E-state index contributed by atoms with van der Waals surface area (Å²) in [5.41, 5.74) is 1.02. The fourth-order valence-corrected chi connectivity index (χ4v) is 3.34. The molecule has 0 N–H and O–H groups in total. The first-order valence-corrected chi connectivity index (χ1v) is 7.28. The van der Waals surface area contributed by atoms with Gasteiger partial charge in [0.2, 0.25) is 0 Å². The minimum absolute atomic E-state index is 0.288. The molecule has 5 heteroatoms. The maximum absolute atomic E-state index is 13.2. The number of rotatable bonds is 2. The van der Waals surface area contributed by atoms with Crippen molar-refractivity contribution in [1.82, 2.24) is 4.98 Å². The maximum Gasteiger partial charge on any atom is 0.124 e. The lowest BCUT2D eigenvalue weighted by atomic mass is 10.1. The molecule has 0 unspecified atom stereocenters. The van der Waals surface area contributed by atoms with Gasteiger partial charge in [0.25, 0.3) is 0 Å². The normalized spacial score (nSPS) is 12.0. The number of aromatic nitrogens is 1. The summed E-state index contributed by atoms with van der Waals surface area (Å²) in [5, 5.41) is 10.6. The SMILES string of the molecule is N#C/C(=C(\Cl)c1cc2ccc(F)cc2s1)c1cccnc1. The number of fused-ring (bicyclic) bond motifs is 1. The van der Waals surface area contributed by atoms with Gasteiger partial charge in [0.1, 0.15) is 11.9 Å². The summed E-state index contributed by atoms with van der Waals surface area (Å²) in [4.78, 5) is 4.73. The van der Waals surface area contributed by atoms with Crippen molar-refractivity contribution in [2.75, 3.05) is 0 Å². The molecule has 0 radical (unpaired) electrons. The van der Waals surface area contributed by atoms with E-state index in [4.69, 9.17) is 11.6 Å². The summed E-state index contributed by atoms with van der Waals surface area (Å²) in [6.45, 7) is 0. The third-order valence-corrected chi connectivity index (χ3v) is 4.60. The molecule has 2 nitrogen and oxygen atoms in total. The van der Waals surface area contributed by atoms with Gasteiger partial charge in [-0.05, 0) is 29.7 Å². The van der Waals surface area contributed by atoms with Crippen molar-refractivity contribution in [3.63, 3.8) is 0 Å². The second-order valence-electron chi connectivity index (χ2n) is 4.34. The van der Waals surface area contributed by atoms with Gasteiger partial charge in [0, 0.05) is 27.5 Å². The fourth-order valence-electron chi connectivity index (χ4n) is 1.99. The van der Waals surface area contributed by atoms with Crippen LogP contribution in [-0.2, 0) is 0 Å². The Bertz CT molecular complexity index is 878. The van der Waals surface area contributed by atoms with E-state index >= 15 is 0 Å². The number of allylic oxidation sites excluding steroid dienone is 1. The summed E-state index contributed by atoms with van der Waals surface area (Å²) in [5.74, 6) is -0.288. The van der Waals surface area contributed by atoms with Crippen molar-refractivity contribution < 1.29 is 4.39 Å². The van der Waals surface area contributed by atoms with Crippen molar-refractivity contribution >= 4 is 43.6 Å². The minimum Gasteiger partial charge on any atom is -0.264 e. The standard InChI is InChI=1S/C16H8ClFN2S/c17-16(13(8-19)11-2-1-5-20-9-11)15-6-10-3-4-12(18)7-14(10)21-15/h1-7,9H/b16-13+. The molecular formula is C16H8ClFN2S. The lowest BCUT2D eigenvalue weighted by molar-refractivity contribution is 0.630. The highest BCUT2D eigenvalue weighted by Gasteiger charge is 2.12. The van der Waals surface area contributed by atoms with Gasteiger partial charge in [-0.15, -0.1) is 11.3 Å². The molecule has 2 heterocycles. The van der Waals surface area contributed by atoms with Gasteiger partial charge in [-0.25, -0.2) is 4.39 Å². The maximum atomic E-state index is 13.2. The summed E-state index contributed by atoms with van der Waals surface area (Å²) < 4.78 is 14.0. The molecule has 0 atom stereocenters. The second kappa shape index (κ2) is 5.65. The smallest absolute Gasteiger partial charge is 0.124 e. The van der Waals surface area contributed by atoms with Crippen LogP contribution in [0.15, 0.2) is 48.8 Å². The second-order valence-corrected chi connectivity index (χ2v) is 5.80. The summed E-state index contributed by atoms with van der Waals surface area (Å²) in [7, 11) is 0. The van der Waals surface area contributed by atoms with Crippen LogP contribution in [0.2, 0.25) is 0 Å². The highest BCUT2D eigenvalue weighted by molar-refractivity contribution is 7.20. The molecule has 2 aromatic heterocycles. The Labute approximate surface area is 129 Å². The van der Waals surface area contributed by atoms with E-state index in [1.165, 1.54) is 23.5 Å². The Morgan fingerprint density at radius 2 is 2.14 bits per heavy atom. The zero-order valence-corrected chi connectivity index (χ0v) is 12.2. The van der Waals surface area contributed by atoms with Crippen LogP contribution in [0, 0.1) is 17.1 Å². The van der Waals surface area contributed by atoms with E-state index in [1.807, 2.05) is 6.07 Å². The zero-order chi connectivity index (χ0) is 14.8. The molecule has 0 aliphatic rings. The first-order chi connectivity index (χ1) is 10.2. The van der Waals surface area contributed by atoms with Crippen molar-refractivity contribution in [1.29, 1.82) is 5.26 Å². The topological polar surface area (TPSA) is 36.7 Å². The Hall–Kier alpha value is -2.22. The number of benzene rings is 1. The third-order valence-electron chi connectivity index (χ3n) is 2.98. The van der Waals surface area contributed by atoms with Crippen LogP contribution >= 0.6 is 22.9 Å². The van der Waals surface area contributed by atoms with Crippen molar-refractivity contribution in [3.8, 4) is 6.07 Å². The molecule has 102 valence electrons. The van der Waals surface area contributed by atoms with Crippen LogP contribution < -0.4 is 0 Å². The summed E-state index contributed by atoms with van der Waals surface area (Å²) in [6, 6.07) is 12.1. The molecule has 0 aliphatic heterocycles. The number of nitrogens with zero attached hydrogens (tertiary/aromatic N) is 2. The Kier molecular flexibility index (Phi) is 3.70. The molecule has 3 aromatic rings. The van der Waals surface area contributed by atoms with Crippen LogP contribution in [0.3, 0.4) is 0 Å². The first-order valence-electron chi connectivity index (χ1n) is 6.09. The molecule has 0 spiro atoms. The van der Waals surface area contributed by atoms with Gasteiger partial charge in [-0.2, -0.15) is 5.26 Å². The van der Waals surface area contributed by atoms with E-state index in [2.05, 4.69) is 11.1 Å².